The predicted molar refractivity (Wildman–Crippen MR) is 41.8 cm³/mol. The summed E-state index contributed by atoms with van der Waals surface area (Å²) in [7, 11) is 0. The number of carbonyl (C=O) groups excluding carboxylic acids is 1. The molecule has 0 spiro atoms. The monoisotopic (exact) mass is 138 g/mol. The van der Waals surface area contributed by atoms with Crippen molar-refractivity contribution in [3.63, 3.8) is 0 Å². The molecule has 0 amide bonds. The van der Waals surface area contributed by atoms with Crippen molar-refractivity contribution in [3.8, 4) is 0 Å². The van der Waals surface area contributed by atoms with E-state index >= 15 is 0 Å². The average molecular weight is 138 g/mol. The van der Waals surface area contributed by atoms with E-state index in [1.807, 2.05) is 0 Å². The van der Waals surface area contributed by atoms with Crippen molar-refractivity contribution in [1.29, 1.82) is 0 Å². The smallest absolute Gasteiger partial charge is 0.123 e. The summed E-state index contributed by atoms with van der Waals surface area (Å²) in [6.07, 6.45) is 6.64. The van der Waals surface area contributed by atoms with Crippen LogP contribution in [0.15, 0.2) is 12.2 Å². The van der Waals surface area contributed by atoms with E-state index in [1.165, 1.54) is 18.4 Å². The van der Waals surface area contributed by atoms with E-state index in [0.717, 1.165) is 25.5 Å². The van der Waals surface area contributed by atoms with Gasteiger partial charge in [-0.15, -0.1) is 0 Å². The van der Waals surface area contributed by atoms with Crippen LogP contribution in [-0.4, -0.2) is 6.29 Å². The number of rotatable bonds is 1. The lowest BCUT2D eigenvalue weighted by Crippen LogP contribution is -1.99. The quantitative estimate of drug-likeness (QED) is 0.309. The van der Waals surface area contributed by atoms with Gasteiger partial charge in [0, 0.05) is 5.92 Å². The maximum Gasteiger partial charge on any atom is 0.123 e. The van der Waals surface area contributed by atoms with E-state index in [-0.39, 0.29) is 5.92 Å². The Labute approximate surface area is 62.1 Å². The second-order valence-electron chi connectivity index (χ2n) is 3.10. The third kappa shape index (κ3) is 1.98. The maximum absolute atomic E-state index is 10.4. The Hall–Kier alpha value is -0.590. The largest absolute Gasteiger partial charge is 0.303 e. The number of allylic oxidation sites excluding steroid dienone is 1. The molecule has 1 saturated carbocycles. The molecule has 0 heterocycles. The van der Waals surface area contributed by atoms with Crippen molar-refractivity contribution in [2.24, 2.45) is 5.92 Å². The minimum atomic E-state index is 0.273. The number of hydrogen-bond donors (Lipinski definition) is 0. The molecular weight excluding hydrogens is 124 g/mol. The van der Waals surface area contributed by atoms with Gasteiger partial charge in [0.25, 0.3) is 0 Å². The van der Waals surface area contributed by atoms with Crippen molar-refractivity contribution in [3.05, 3.63) is 12.2 Å². The molecule has 1 rings (SSSR count). The number of carbonyl (C=O) groups is 1. The zero-order chi connectivity index (χ0) is 7.40. The van der Waals surface area contributed by atoms with Crippen LogP contribution in [0, 0.1) is 5.92 Å². The van der Waals surface area contributed by atoms with Crippen LogP contribution in [0.1, 0.15) is 32.1 Å². The highest BCUT2D eigenvalue weighted by atomic mass is 16.1. The Morgan fingerprint density at radius 3 is 3.00 bits per heavy atom. The van der Waals surface area contributed by atoms with Crippen molar-refractivity contribution in [2.45, 2.75) is 32.1 Å². The second-order valence-corrected chi connectivity index (χ2v) is 3.10. The first-order chi connectivity index (χ1) is 4.83. The molecule has 0 N–H and O–H groups in total. The molecule has 0 bridgehead atoms. The fourth-order valence-corrected chi connectivity index (χ4v) is 1.47. The summed E-state index contributed by atoms with van der Waals surface area (Å²) in [4.78, 5) is 10.4. The SMILES string of the molecule is C=C1CCCC[C@@H](C=O)C1. The van der Waals surface area contributed by atoms with Gasteiger partial charge in [0.05, 0.1) is 0 Å². The van der Waals surface area contributed by atoms with Gasteiger partial charge in [0.1, 0.15) is 6.29 Å². The zero-order valence-electron chi connectivity index (χ0n) is 6.31. The van der Waals surface area contributed by atoms with E-state index < -0.39 is 0 Å². The van der Waals surface area contributed by atoms with Crippen LogP contribution >= 0.6 is 0 Å². The lowest BCUT2D eigenvalue weighted by atomic mass is 10.0. The first-order valence-corrected chi connectivity index (χ1v) is 3.95. The molecule has 0 saturated heterocycles. The van der Waals surface area contributed by atoms with E-state index in [9.17, 15) is 4.79 Å². The van der Waals surface area contributed by atoms with Gasteiger partial charge in [0.15, 0.2) is 0 Å². The van der Waals surface area contributed by atoms with Crippen LogP contribution in [0.25, 0.3) is 0 Å². The van der Waals surface area contributed by atoms with Gasteiger partial charge in [0.2, 0.25) is 0 Å². The molecule has 0 aromatic rings. The minimum Gasteiger partial charge on any atom is -0.303 e. The van der Waals surface area contributed by atoms with E-state index in [4.69, 9.17) is 0 Å². The third-order valence-corrected chi connectivity index (χ3v) is 2.10. The van der Waals surface area contributed by atoms with Gasteiger partial charge in [-0.3, -0.25) is 0 Å². The highest BCUT2D eigenvalue weighted by Gasteiger charge is 2.12. The molecule has 1 fully saturated rings. The first kappa shape index (κ1) is 7.52. The van der Waals surface area contributed by atoms with E-state index in [0.29, 0.717) is 0 Å². The normalized spacial score (nSPS) is 27.6. The fraction of sp³-hybridized carbons (Fsp3) is 0.667. The molecular formula is C9H14O. The van der Waals surface area contributed by atoms with Crippen molar-refractivity contribution < 1.29 is 4.79 Å². The van der Waals surface area contributed by atoms with Crippen molar-refractivity contribution >= 4 is 6.29 Å². The summed E-state index contributed by atoms with van der Waals surface area (Å²) < 4.78 is 0. The van der Waals surface area contributed by atoms with Gasteiger partial charge in [-0.1, -0.05) is 18.6 Å². The Balaban J connectivity index is 2.45. The Bertz CT molecular complexity index is 138. The topological polar surface area (TPSA) is 17.1 Å². The van der Waals surface area contributed by atoms with Gasteiger partial charge in [-0.25, -0.2) is 0 Å². The van der Waals surface area contributed by atoms with Crippen LogP contribution < -0.4 is 0 Å². The van der Waals surface area contributed by atoms with Gasteiger partial charge >= 0.3 is 0 Å². The molecule has 0 radical (unpaired) electrons. The molecule has 1 nitrogen and oxygen atoms in total. The number of hydrogen-bond acceptors (Lipinski definition) is 1. The molecule has 1 aliphatic rings. The molecule has 0 aliphatic heterocycles. The van der Waals surface area contributed by atoms with Crippen LogP contribution in [0.4, 0.5) is 0 Å². The highest BCUT2D eigenvalue weighted by Crippen LogP contribution is 2.24. The fourth-order valence-electron chi connectivity index (χ4n) is 1.47. The lowest BCUT2D eigenvalue weighted by Gasteiger charge is -2.03. The summed E-state index contributed by atoms with van der Waals surface area (Å²) in [5, 5.41) is 0. The molecule has 0 aromatic carbocycles. The summed E-state index contributed by atoms with van der Waals surface area (Å²) in [6.45, 7) is 3.91. The molecule has 56 valence electrons. The maximum atomic E-state index is 10.4. The van der Waals surface area contributed by atoms with Crippen molar-refractivity contribution in [2.75, 3.05) is 0 Å². The van der Waals surface area contributed by atoms with Crippen LogP contribution in [0.3, 0.4) is 0 Å². The van der Waals surface area contributed by atoms with Crippen molar-refractivity contribution in [1.82, 2.24) is 0 Å². The second kappa shape index (κ2) is 3.55. The predicted octanol–water partition coefficient (Wildman–Crippen LogP) is 2.32. The average Bonchev–Trinajstić information content (AvgIpc) is 2.13. The Morgan fingerprint density at radius 2 is 2.30 bits per heavy atom. The zero-order valence-corrected chi connectivity index (χ0v) is 6.31. The van der Waals surface area contributed by atoms with Gasteiger partial charge in [-0.2, -0.15) is 0 Å². The van der Waals surface area contributed by atoms with Gasteiger partial charge < -0.3 is 4.79 Å². The van der Waals surface area contributed by atoms with Gasteiger partial charge in [-0.05, 0) is 25.7 Å². The molecule has 1 atom stereocenters. The Kier molecular flexibility index (Phi) is 2.67. The standard InChI is InChI=1S/C9H14O/c1-8-4-2-3-5-9(6-8)7-10/h7,9H,1-6H2/t9-/m1/s1. The molecule has 0 unspecified atom stereocenters. The third-order valence-electron chi connectivity index (χ3n) is 2.10. The molecule has 1 aliphatic carbocycles. The molecule has 1 heteroatoms. The summed E-state index contributed by atoms with van der Waals surface area (Å²) in [5.74, 6) is 0.273. The summed E-state index contributed by atoms with van der Waals surface area (Å²) >= 11 is 0. The highest BCUT2D eigenvalue weighted by molar-refractivity contribution is 5.54. The van der Waals surface area contributed by atoms with Crippen LogP contribution in [0.5, 0.6) is 0 Å². The van der Waals surface area contributed by atoms with E-state index in [1.54, 1.807) is 0 Å². The molecule has 10 heavy (non-hydrogen) atoms. The summed E-state index contributed by atoms with van der Waals surface area (Å²) in [6, 6.07) is 0. The lowest BCUT2D eigenvalue weighted by molar-refractivity contribution is -0.111. The first-order valence-electron chi connectivity index (χ1n) is 3.95. The number of aldehydes is 1. The van der Waals surface area contributed by atoms with Crippen LogP contribution in [0.2, 0.25) is 0 Å². The molecule has 0 aromatic heterocycles. The Morgan fingerprint density at radius 1 is 1.50 bits per heavy atom. The van der Waals surface area contributed by atoms with Crippen LogP contribution in [-0.2, 0) is 4.79 Å². The van der Waals surface area contributed by atoms with E-state index in [2.05, 4.69) is 6.58 Å². The summed E-state index contributed by atoms with van der Waals surface area (Å²) in [5.41, 5.74) is 1.26. The minimum absolute atomic E-state index is 0.273.